The third-order valence-corrected chi connectivity index (χ3v) is 3.37. The van der Waals surface area contributed by atoms with Gasteiger partial charge in [-0.2, -0.15) is 5.10 Å². The lowest BCUT2D eigenvalue weighted by molar-refractivity contribution is 0.0595. The molecule has 0 saturated carbocycles. The van der Waals surface area contributed by atoms with E-state index in [4.69, 9.17) is 4.42 Å². The smallest absolute Gasteiger partial charge is 0.351 e. The van der Waals surface area contributed by atoms with E-state index in [1.807, 2.05) is 7.05 Å². The highest BCUT2D eigenvalue weighted by atomic mass is 16.5. The Labute approximate surface area is 108 Å². The van der Waals surface area contributed by atoms with Crippen LogP contribution >= 0.6 is 0 Å². The molecule has 2 heterocycles. The lowest BCUT2D eigenvalue weighted by Gasteiger charge is -2.15. The summed E-state index contributed by atoms with van der Waals surface area (Å²) in [5.74, 6) is -0.166. The molecule has 0 N–H and O–H groups in total. The summed E-state index contributed by atoms with van der Waals surface area (Å²) in [5, 5.41) is 4.16. The van der Waals surface area contributed by atoms with Gasteiger partial charge in [0.1, 0.15) is 11.3 Å². The van der Waals surface area contributed by atoms with Gasteiger partial charge in [-0.3, -0.25) is 4.68 Å². The van der Waals surface area contributed by atoms with Gasteiger partial charge >= 0.3 is 11.6 Å². The molecule has 2 aromatic rings. The Morgan fingerprint density at radius 1 is 1.47 bits per heavy atom. The number of esters is 1. The maximum Gasteiger partial charge on any atom is 0.351 e. The van der Waals surface area contributed by atoms with Gasteiger partial charge in [-0.25, -0.2) is 9.59 Å². The summed E-state index contributed by atoms with van der Waals surface area (Å²) >= 11 is 0. The van der Waals surface area contributed by atoms with E-state index in [9.17, 15) is 9.59 Å². The fraction of sp³-hybridized carbons (Fsp3) is 0.308. The summed E-state index contributed by atoms with van der Waals surface area (Å²) < 4.78 is 11.6. The van der Waals surface area contributed by atoms with E-state index >= 15 is 0 Å². The molecule has 0 aromatic carbocycles. The first-order valence-corrected chi connectivity index (χ1v) is 5.88. The summed E-state index contributed by atoms with van der Waals surface area (Å²) in [6, 6.07) is 1.56. The molecule has 0 radical (unpaired) electrons. The van der Waals surface area contributed by atoms with Crippen molar-refractivity contribution >= 4 is 5.97 Å². The quantitative estimate of drug-likeness (QED) is 0.713. The number of carbonyl (C=O) groups excluding carboxylic acids is 1. The number of fused-ring (bicyclic) bond motifs is 3. The average molecular weight is 260 g/mol. The third kappa shape index (κ3) is 1.68. The molecule has 0 atom stereocenters. The molecule has 0 unspecified atom stereocenters. The molecule has 6 heteroatoms. The normalized spacial score (nSPS) is 12.7. The largest absolute Gasteiger partial charge is 0.465 e. The molecule has 0 saturated heterocycles. The molecule has 0 bridgehead atoms. The molecule has 0 spiro atoms. The molecule has 0 fully saturated rings. The Hall–Kier alpha value is -2.37. The summed E-state index contributed by atoms with van der Waals surface area (Å²) in [4.78, 5) is 23.3. The fourth-order valence-corrected chi connectivity index (χ4v) is 2.38. The number of nitrogens with zero attached hydrogens (tertiary/aromatic N) is 2. The zero-order valence-corrected chi connectivity index (χ0v) is 10.6. The number of aryl methyl sites for hydroxylation is 2. The van der Waals surface area contributed by atoms with Gasteiger partial charge in [-0.1, -0.05) is 0 Å². The maximum absolute atomic E-state index is 11.8. The number of hydrogen-bond donors (Lipinski definition) is 0. The van der Waals surface area contributed by atoms with Crippen LogP contribution < -0.4 is 5.63 Å². The van der Waals surface area contributed by atoms with Gasteiger partial charge in [-0.15, -0.1) is 0 Å². The van der Waals surface area contributed by atoms with Crippen LogP contribution in [-0.2, 0) is 24.6 Å². The minimum absolute atomic E-state index is 0.0615. The van der Waals surface area contributed by atoms with E-state index in [0.717, 1.165) is 23.2 Å². The molecule has 0 aliphatic heterocycles. The van der Waals surface area contributed by atoms with E-state index in [2.05, 4.69) is 9.84 Å². The van der Waals surface area contributed by atoms with Crippen LogP contribution in [0.5, 0.6) is 0 Å². The molecule has 2 aromatic heterocycles. The molecule has 19 heavy (non-hydrogen) atoms. The van der Waals surface area contributed by atoms with Crippen LogP contribution in [0.2, 0.25) is 0 Å². The molecule has 1 aliphatic carbocycles. The van der Waals surface area contributed by atoms with Crippen LogP contribution in [-0.4, -0.2) is 22.9 Å². The molecular weight excluding hydrogens is 248 g/mol. The first-order valence-electron chi connectivity index (χ1n) is 5.88. The lowest BCUT2D eigenvalue weighted by Crippen LogP contribution is -2.18. The molecule has 3 rings (SSSR count). The Kier molecular flexibility index (Phi) is 2.51. The van der Waals surface area contributed by atoms with Crippen LogP contribution in [0, 0.1) is 0 Å². The van der Waals surface area contributed by atoms with Crippen LogP contribution in [0.15, 0.2) is 21.5 Å². The maximum atomic E-state index is 11.8. The zero-order valence-electron chi connectivity index (χ0n) is 10.6. The number of ether oxygens (including phenoxy) is 1. The van der Waals surface area contributed by atoms with Gasteiger partial charge in [0.25, 0.3) is 0 Å². The van der Waals surface area contributed by atoms with Gasteiger partial charge < -0.3 is 9.15 Å². The molecule has 1 aliphatic rings. The predicted molar refractivity (Wildman–Crippen MR) is 65.9 cm³/mol. The van der Waals surface area contributed by atoms with Crippen molar-refractivity contribution in [2.45, 2.75) is 12.8 Å². The number of methoxy groups -OCH3 is 1. The molecule has 6 nitrogen and oxygen atoms in total. The fourth-order valence-electron chi connectivity index (χ4n) is 2.38. The summed E-state index contributed by atoms with van der Waals surface area (Å²) in [6.07, 6.45) is 3.18. The van der Waals surface area contributed by atoms with Gasteiger partial charge in [-0.05, 0) is 24.5 Å². The van der Waals surface area contributed by atoms with Crippen molar-refractivity contribution in [1.29, 1.82) is 0 Å². The van der Waals surface area contributed by atoms with E-state index in [1.165, 1.54) is 7.11 Å². The summed E-state index contributed by atoms with van der Waals surface area (Å²) in [5.41, 5.74) is 1.94. The number of hydrogen-bond acceptors (Lipinski definition) is 5. The van der Waals surface area contributed by atoms with Crippen molar-refractivity contribution in [2.24, 2.45) is 7.05 Å². The van der Waals surface area contributed by atoms with Crippen LogP contribution in [0.25, 0.3) is 11.3 Å². The minimum Gasteiger partial charge on any atom is -0.465 e. The standard InChI is InChI=1S/C13H12N2O4/c1-15-10-4-3-7-5-8(12(16)18-2)13(17)19-11(7)9(10)6-14-15/h5-6H,3-4H2,1-2H3. The van der Waals surface area contributed by atoms with E-state index in [0.29, 0.717) is 12.2 Å². The second-order valence-electron chi connectivity index (χ2n) is 4.42. The summed E-state index contributed by atoms with van der Waals surface area (Å²) in [6.45, 7) is 0. The predicted octanol–water partition coefficient (Wildman–Crippen LogP) is 0.925. The topological polar surface area (TPSA) is 74.3 Å². The van der Waals surface area contributed by atoms with E-state index in [1.54, 1.807) is 16.9 Å². The van der Waals surface area contributed by atoms with Crippen molar-refractivity contribution < 1.29 is 13.9 Å². The Bertz CT molecular complexity index is 727. The minimum atomic E-state index is -0.678. The van der Waals surface area contributed by atoms with Gasteiger partial charge in [0.15, 0.2) is 0 Å². The van der Waals surface area contributed by atoms with Crippen LogP contribution in [0.4, 0.5) is 0 Å². The SMILES string of the molecule is COC(=O)c1cc2c(oc1=O)-c1cnn(C)c1CC2. The number of aromatic nitrogens is 2. The summed E-state index contributed by atoms with van der Waals surface area (Å²) in [7, 11) is 3.09. The molecular formula is C13H12N2O4. The zero-order chi connectivity index (χ0) is 13.6. The highest BCUT2D eigenvalue weighted by Crippen LogP contribution is 2.32. The first-order chi connectivity index (χ1) is 9.11. The van der Waals surface area contributed by atoms with Gasteiger partial charge in [0.2, 0.25) is 0 Å². The van der Waals surface area contributed by atoms with Crippen molar-refractivity contribution in [3.63, 3.8) is 0 Å². The monoisotopic (exact) mass is 260 g/mol. The lowest BCUT2D eigenvalue weighted by atomic mass is 9.94. The Morgan fingerprint density at radius 2 is 2.26 bits per heavy atom. The highest BCUT2D eigenvalue weighted by molar-refractivity contribution is 5.89. The van der Waals surface area contributed by atoms with Crippen LogP contribution in [0.3, 0.4) is 0 Å². The molecule has 0 amide bonds. The average Bonchev–Trinajstić information content (AvgIpc) is 2.79. The van der Waals surface area contributed by atoms with E-state index < -0.39 is 11.6 Å². The Morgan fingerprint density at radius 3 is 3.00 bits per heavy atom. The second-order valence-corrected chi connectivity index (χ2v) is 4.42. The number of carbonyl (C=O) groups is 1. The van der Waals surface area contributed by atoms with Crippen molar-refractivity contribution in [1.82, 2.24) is 9.78 Å². The number of rotatable bonds is 1. The third-order valence-electron chi connectivity index (χ3n) is 3.37. The van der Waals surface area contributed by atoms with Gasteiger partial charge in [0, 0.05) is 12.7 Å². The van der Waals surface area contributed by atoms with E-state index in [-0.39, 0.29) is 5.56 Å². The van der Waals surface area contributed by atoms with Crippen molar-refractivity contribution in [3.8, 4) is 11.3 Å². The van der Waals surface area contributed by atoms with Crippen molar-refractivity contribution in [3.05, 3.63) is 39.5 Å². The van der Waals surface area contributed by atoms with Crippen molar-refractivity contribution in [2.75, 3.05) is 7.11 Å². The second kappa shape index (κ2) is 4.08. The molecule has 98 valence electrons. The first kappa shape index (κ1) is 11.7. The van der Waals surface area contributed by atoms with Gasteiger partial charge in [0.05, 0.1) is 18.9 Å². The van der Waals surface area contributed by atoms with Crippen LogP contribution in [0.1, 0.15) is 21.6 Å². The highest BCUT2D eigenvalue weighted by Gasteiger charge is 2.25. The Balaban J connectivity index is 2.21.